The van der Waals surface area contributed by atoms with Crippen LogP contribution >= 0.6 is 0 Å². The van der Waals surface area contributed by atoms with Crippen LogP contribution in [0.3, 0.4) is 0 Å². The highest BCUT2D eigenvalue weighted by atomic mass is 19.1. The number of aromatic amines is 1. The largest absolute Gasteiger partial charge is 0.384 e. The van der Waals surface area contributed by atoms with Crippen molar-refractivity contribution in [3.8, 4) is 11.3 Å². The monoisotopic (exact) mass is 446 g/mol. The van der Waals surface area contributed by atoms with Gasteiger partial charge in [-0.3, -0.25) is 5.10 Å². The Bertz CT molecular complexity index is 1270. The molecule has 170 valence electrons. The molecule has 1 fully saturated rings. The van der Waals surface area contributed by atoms with E-state index in [1.165, 1.54) is 6.07 Å². The number of rotatable bonds is 5. The van der Waals surface area contributed by atoms with Gasteiger partial charge in [0.05, 0.1) is 22.6 Å². The molecule has 1 aliphatic rings. The summed E-state index contributed by atoms with van der Waals surface area (Å²) in [5, 5.41) is 22.0. The molecule has 3 aromatic heterocycles. The third-order valence-electron chi connectivity index (χ3n) is 6.65. The molecule has 0 radical (unpaired) electrons. The van der Waals surface area contributed by atoms with Crippen LogP contribution in [0.1, 0.15) is 25.5 Å². The zero-order chi connectivity index (χ0) is 23.0. The number of hydrogen-bond acceptors (Lipinski definition) is 6. The molecule has 1 atom stereocenters. The fourth-order valence-corrected chi connectivity index (χ4v) is 4.49. The normalized spacial score (nSPS) is 17.2. The number of benzene rings is 1. The van der Waals surface area contributed by atoms with Gasteiger partial charge in [-0.1, -0.05) is 6.07 Å². The van der Waals surface area contributed by atoms with Crippen molar-refractivity contribution in [1.29, 1.82) is 0 Å². The zero-order valence-electron chi connectivity index (χ0n) is 18.7. The summed E-state index contributed by atoms with van der Waals surface area (Å²) in [5.41, 5.74) is 2.12. The molecule has 4 heterocycles. The first kappa shape index (κ1) is 21.5. The SMILES string of the molecule is CN1CCC([C@@](C)(O)c2ccc3cnc(Nc4ccc(-c5ccn[nH]5)cc4F)cc3n2)CC1. The van der Waals surface area contributed by atoms with Gasteiger partial charge in [0.25, 0.3) is 0 Å². The maximum atomic E-state index is 14.7. The Balaban J connectivity index is 1.40. The van der Waals surface area contributed by atoms with E-state index in [-0.39, 0.29) is 5.92 Å². The molecule has 0 amide bonds. The minimum Gasteiger partial charge on any atom is -0.384 e. The Labute approximate surface area is 191 Å². The van der Waals surface area contributed by atoms with Crippen LogP contribution in [-0.4, -0.2) is 50.3 Å². The van der Waals surface area contributed by atoms with Crippen LogP contribution in [0.15, 0.2) is 54.9 Å². The Hall–Kier alpha value is -3.36. The van der Waals surface area contributed by atoms with Gasteiger partial charge < -0.3 is 15.3 Å². The summed E-state index contributed by atoms with van der Waals surface area (Å²) in [7, 11) is 2.11. The smallest absolute Gasteiger partial charge is 0.147 e. The first-order chi connectivity index (χ1) is 15.9. The summed E-state index contributed by atoms with van der Waals surface area (Å²) in [6.45, 7) is 3.79. The van der Waals surface area contributed by atoms with Gasteiger partial charge in [0.15, 0.2) is 0 Å². The van der Waals surface area contributed by atoms with E-state index in [0.717, 1.165) is 37.0 Å². The fourth-order valence-electron chi connectivity index (χ4n) is 4.49. The minimum absolute atomic E-state index is 0.153. The molecule has 7 nitrogen and oxygen atoms in total. The van der Waals surface area contributed by atoms with Crippen LogP contribution < -0.4 is 5.32 Å². The maximum absolute atomic E-state index is 14.7. The van der Waals surface area contributed by atoms with Crippen LogP contribution in [0.4, 0.5) is 15.9 Å². The quantitative estimate of drug-likeness (QED) is 0.420. The number of nitrogens with zero attached hydrogens (tertiary/aromatic N) is 4. The van der Waals surface area contributed by atoms with Gasteiger partial charge in [-0.25, -0.2) is 14.4 Å². The van der Waals surface area contributed by atoms with E-state index in [2.05, 4.69) is 32.4 Å². The number of pyridine rings is 2. The molecule has 8 heteroatoms. The Kier molecular flexibility index (Phi) is 5.55. The second-order valence-electron chi connectivity index (χ2n) is 8.97. The predicted octanol–water partition coefficient (Wildman–Crippen LogP) is 4.45. The summed E-state index contributed by atoms with van der Waals surface area (Å²) in [5.74, 6) is 0.246. The number of anilines is 2. The second kappa shape index (κ2) is 8.53. The van der Waals surface area contributed by atoms with Gasteiger partial charge in [-0.2, -0.15) is 5.10 Å². The van der Waals surface area contributed by atoms with Gasteiger partial charge in [0, 0.05) is 29.4 Å². The van der Waals surface area contributed by atoms with E-state index >= 15 is 0 Å². The molecule has 1 aliphatic heterocycles. The van der Waals surface area contributed by atoms with Gasteiger partial charge in [-0.15, -0.1) is 0 Å². The van der Waals surface area contributed by atoms with Crippen molar-refractivity contribution in [3.05, 3.63) is 66.4 Å². The molecule has 33 heavy (non-hydrogen) atoms. The van der Waals surface area contributed by atoms with Crippen molar-refractivity contribution in [2.75, 3.05) is 25.5 Å². The lowest BCUT2D eigenvalue weighted by Gasteiger charge is -2.38. The van der Waals surface area contributed by atoms with E-state index in [4.69, 9.17) is 4.98 Å². The topological polar surface area (TPSA) is 90.0 Å². The van der Waals surface area contributed by atoms with Gasteiger partial charge >= 0.3 is 0 Å². The highest BCUT2D eigenvalue weighted by molar-refractivity contribution is 5.81. The molecule has 0 saturated carbocycles. The first-order valence-corrected chi connectivity index (χ1v) is 11.1. The Morgan fingerprint density at radius 1 is 1.15 bits per heavy atom. The van der Waals surface area contributed by atoms with Gasteiger partial charge in [-0.05, 0) is 76.2 Å². The summed E-state index contributed by atoms with van der Waals surface area (Å²) in [6, 6.07) is 12.3. The lowest BCUT2D eigenvalue weighted by Crippen LogP contribution is -2.41. The van der Waals surface area contributed by atoms with E-state index in [0.29, 0.717) is 28.3 Å². The molecule has 4 aromatic rings. The van der Waals surface area contributed by atoms with Crippen molar-refractivity contribution in [3.63, 3.8) is 0 Å². The highest BCUT2D eigenvalue weighted by Crippen LogP contribution is 2.36. The Morgan fingerprint density at radius 2 is 1.97 bits per heavy atom. The fraction of sp³-hybridized carbons (Fsp3) is 0.320. The average molecular weight is 447 g/mol. The average Bonchev–Trinajstić information content (AvgIpc) is 3.35. The van der Waals surface area contributed by atoms with E-state index in [9.17, 15) is 9.50 Å². The standard InChI is InChI=1S/C25H27FN6O/c1-25(33,18-8-11-32(2)12-9-18)23-6-4-17-15-27-24(14-22(17)29-23)30-21-5-3-16(13-19(21)26)20-7-10-28-31-20/h3-7,10,13-15,18,33H,8-9,11-12H2,1-2H3,(H,27,30)(H,28,31)/t25-/m1/s1. The zero-order valence-corrected chi connectivity index (χ0v) is 18.7. The van der Waals surface area contributed by atoms with Crippen molar-refractivity contribution >= 4 is 22.4 Å². The maximum Gasteiger partial charge on any atom is 0.147 e. The number of aliphatic hydroxyl groups is 1. The molecule has 0 unspecified atom stereocenters. The van der Waals surface area contributed by atoms with Crippen LogP contribution in [0.5, 0.6) is 0 Å². The van der Waals surface area contributed by atoms with Crippen LogP contribution in [0, 0.1) is 11.7 Å². The molecule has 0 spiro atoms. The number of likely N-dealkylation sites (tertiary alicyclic amines) is 1. The van der Waals surface area contributed by atoms with Crippen LogP contribution in [-0.2, 0) is 5.60 Å². The number of halogens is 1. The minimum atomic E-state index is -1.01. The van der Waals surface area contributed by atoms with Crippen molar-refractivity contribution in [2.45, 2.75) is 25.4 Å². The third-order valence-corrected chi connectivity index (χ3v) is 6.65. The third kappa shape index (κ3) is 4.31. The molecular formula is C25H27FN6O. The van der Waals surface area contributed by atoms with Crippen molar-refractivity contribution < 1.29 is 9.50 Å². The molecule has 3 N–H and O–H groups in total. The predicted molar refractivity (Wildman–Crippen MR) is 127 cm³/mol. The van der Waals surface area contributed by atoms with E-state index in [1.807, 2.05) is 25.1 Å². The summed E-state index contributed by atoms with van der Waals surface area (Å²) < 4.78 is 14.7. The Morgan fingerprint density at radius 3 is 2.70 bits per heavy atom. The molecular weight excluding hydrogens is 419 g/mol. The lowest BCUT2D eigenvalue weighted by molar-refractivity contribution is -0.0334. The van der Waals surface area contributed by atoms with Crippen molar-refractivity contribution in [2.24, 2.45) is 5.92 Å². The van der Waals surface area contributed by atoms with Gasteiger partial charge in [0.2, 0.25) is 0 Å². The number of hydrogen-bond donors (Lipinski definition) is 3. The van der Waals surface area contributed by atoms with E-state index < -0.39 is 11.4 Å². The van der Waals surface area contributed by atoms with E-state index in [1.54, 1.807) is 30.6 Å². The number of H-pyrrole nitrogens is 1. The van der Waals surface area contributed by atoms with Crippen LogP contribution in [0.2, 0.25) is 0 Å². The number of nitrogens with one attached hydrogen (secondary N) is 2. The summed E-state index contributed by atoms with van der Waals surface area (Å²) in [6.07, 6.45) is 5.19. The first-order valence-electron chi connectivity index (χ1n) is 11.1. The second-order valence-corrected chi connectivity index (χ2v) is 8.97. The highest BCUT2D eigenvalue weighted by Gasteiger charge is 2.36. The van der Waals surface area contributed by atoms with Crippen molar-refractivity contribution in [1.82, 2.24) is 25.1 Å². The number of piperidine rings is 1. The lowest BCUT2D eigenvalue weighted by atomic mass is 9.79. The summed E-state index contributed by atoms with van der Waals surface area (Å²) >= 11 is 0. The van der Waals surface area contributed by atoms with Gasteiger partial charge in [0.1, 0.15) is 17.2 Å². The number of aromatic nitrogens is 4. The molecule has 0 bridgehead atoms. The molecule has 5 rings (SSSR count). The van der Waals surface area contributed by atoms with Crippen LogP contribution in [0.25, 0.3) is 22.2 Å². The number of fused-ring (bicyclic) bond motifs is 1. The molecule has 1 aromatic carbocycles. The molecule has 1 saturated heterocycles. The summed E-state index contributed by atoms with van der Waals surface area (Å²) in [4.78, 5) is 11.5. The molecule has 0 aliphatic carbocycles.